The lowest BCUT2D eigenvalue weighted by atomic mass is 9.85. The number of piperazine rings is 1. The van der Waals surface area contributed by atoms with Gasteiger partial charge in [-0.2, -0.15) is 4.31 Å². The first-order chi connectivity index (χ1) is 14.9. The van der Waals surface area contributed by atoms with Gasteiger partial charge in [0.05, 0.1) is 11.4 Å². The van der Waals surface area contributed by atoms with E-state index in [2.05, 4.69) is 31.6 Å². The molecule has 176 valence electrons. The molecule has 2 fully saturated rings. The van der Waals surface area contributed by atoms with E-state index in [-0.39, 0.29) is 17.2 Å². The van der Waals surface area contributed by atoms with Gasteiger partial charge in [-0.25, -0.2) is 8.42 Å². The van der Waals surface area contributed by atoms with Crippen LogP contribution >= 0.6 is 0 Å². The van der Waals surface area contributed by atoms with E-state index in [1.165, 1.54) is 0 Å². The minimum atomic E-state index is -3.60. The molecule has 0 radical (unpaired) electrons. The maximum absolute atomic E-state index is 13.5. The summed E-state index contributed by atoms with van der Waals surface area (Å²) >= 11 is 0. The number of hydrogen-bond donors (Lipinski definition) is 0. The number of sulfonamides is 1. The summed E-state index contributed by atoms with van der Waals surface area (Å²) in [4.78, 5) is 17.4. The first-order valence-corrected chi connectivity index (χ1v) is 13.0. The van der Waals surface area contributed by atoms with Gasteiger partial charge in [0, 0.05) is 32.1 Å². The molecule has 2 heterocycles. The number of terminal acetylenes is 1. The van der Waals surface area contributed by atoms with Crippen LogP contribution in [0, 0.1) is 32.1 Å². The molecule has 0 aromatic heterocycles. The van der Waals surface area contributed by atoms with Crippen molar-refractivity contribution in [2.24, 2.45) is 5.92 Å². The molecule has 0 spiro atoms. The van der Waals surface area contributed by atoms with E-state index in [1.807, 2.05) is 30.9 Å². The number of nitrogens with zero attached hydrogens (tertiary/aromatic N) is 3. The molecule has 7 heteroatoms. The smallest absolute Gasteiger partial charge is 0.243 e. The van der Waals surface area contributed by atoms with E-state index in [1.54, 1.807) is 4.31 Å². The third-order valence-electron chi connectivity index (χ3n) is 6.73. The van der Waals surface area contributed by atoms with Crippen LogP contribution in [0.15, 0.2) is 17.0 Å². The summed E-state index contributed by atoms with van der Waals surface area (Å²) in [5.74, 6) is 2.84. The monoisotopic (exact) mass is 459 g/mol. The molecule has 0 bridgehead atoms. The molecule has 2 saturated heterocycles. The number of rotatable bonds is 4. The predicted octanol–water partition coefficient (Wildman–Crippen LogP) is 2.78. The molecule has 32 heavy (non-hydrogen) atoms. The van der Waals surface area contributed by atoms with Crippen LogP contribution in [0.2, 0.25) is 0 Å². The maximum atomic E-state index is 13.5. The maximum Gasteiger partial charge on any atom is 0.243 e. The summed E-state index contributed by atoms with van der Waals surface area (Å²) in [5.41, 5.74) is 2.66. The molecule has 1 aromatic carbocycles. The lowest BCUT2D eigenvalue weighted by Crippen LogP contribution is -2.53. The molecule has 0 N–H and O–H groups in total. The Kier molecular flexibility index (Phi) is 7.38. The summed E-state index contributed by atoms with van der Waals surface area (Å²) in [7, 11) is -3.60. The van der Waals surface area contributed by atoms with E-state index in [0.717, 1.165) is 42.6 Å². The number of piperidine rings is 1. The number of amides is 1. The second-order valence-electron chi connectivity index (χ2n) is 10.2. The van der Waals surface area contributed by atoms with E-state index >= 15 is 0 Å². The van der Waals surface area contributed by atoms with Crippen LogP contribution in [0.5, 0.6) is 0 Å². The molecule has 1 aromatic rings. The SMILES string of the molecule is C#CCN1CCC(C(=O)N2CCN(S(=O)(=O)c3c(C)cc(C(C)(C)C)cc3C)CC2)CC1. The molecule has 0 atom stereocenters. The van der Waals surface area contributed by atoms with Crippen LogP contribution in [0.1, 0.15) is 50.3 Å². The van der Waals surface area contributed by atoms with Gasteiger partial charge in [0.2, 0.25) is 15.9 Å². The molecule has 1 amide bonds. The Morgan fingerprint density at radius 2 is 1.56 bits per heavy atom. The summed E-state index contributed by atoms with van der Waals surface area (Å²) in [6.45, 7) is 14.0. The van der Waals surface area contributed by atoms with Gasteiger partial charge < -0.3 is 4.90 Å². The van der Waals surface area contributed by atoms with Gasteiger partial charge in [-0.05, 0) is 61.9 Å². The molecule has 3 rings (SSSR count). The van der Waals surface area contributed by atoms with E-state index in [0.29, 0.717) is 37.6 Å². The fourth-order valence-electron chi connectivity index (χ4n) is 4.79. The Hall–Kier alpha value is -1.88. The van der Waals surface area contributed by atoms with Crippen molar-refractivity contribution >= 4 is 15.9 Å². The number of carbonyl (C=O) groups is 1. The number of carbonyl (C=O) groups excluding carboxylic acids is 1. The second kappa shape index (κ2) is 9.54. The summed E-state index contributed by atoms with van der Waals surface area (Å²) in [5, 5.41) is 0. The molecule has 0 saturated carbocycles. The minimum absolute atomic E-state index is 0.0154. The van der Waals surface area contributed by atoms with Crippen molar-refractivity contribution in [3.63, 3.8) is 0 Å². The van der Waals surface area contributed by atoms with Crippen LogP contribution in [-0.4, -0.2) is 74.2 Å². The molecule has 2 aliphatic rings. The Morgan fingerprint density at radius 1 is 1.03 bits per heavy atom. The van der Waals surface area contributed by atoms with E-state index in [4.69, 9.17) is 6.42 Å². The van der Waals surface area contributed by atoms with Gasteiger partial charge in [-0.3, -0.25) is 9.69 Å². The summed E-state index contributed by atoms with van der Waals surface area (Å²) in [6, 6.07) is 3.98. The zero-order valence-electron chi connectivity index (χ0n) is 20.1. The van der Waals surface area contributed by atoms with Crippen LogP contribution in [0.4, 0.5) is 0 Å². The van der Waals surface area contributed by atoms with Gasteiger partial charge in [0.15, 0.2) is 0 Å². The minimum Gasteiger partial charge on any atom is -0.340 e. The number of likely N-dealkylation sites (tertiary alicyclic amines) is 1. The highest BCUT2D eigenvalue weighted by atomic mass is 32.2. The van der Waals surface area contributed by atoms with Gasteiger partial charge in [0.1, 0.15) is 0 Å². The van der Waals surface area contributed by atoms with E-state index in [9.17, 15) is 13.2 Å². The zero-order chi connectivity index (χ0) is 23.7. The highest BCUT2D eigenvalue weighted by molar-refractivity contribution is 7.89. The zero-order valence-corrected chi connectivity index (χ0v) is 21.0. The van der Waals surface area contributed by atoms with Crippen LogP contribution in [0.25, 0.3) is 0 Å². The first kappa shape index (κ1) is 24.8. The van der Waals surface area contributed by atoms with Crippen LogP contribution in [-0.2, 0) is 20.2 Å². The Bertz CT molecular complexity index is 965. The van der Waals surface area contributed by atoms with Gasteiger partial charge >= 0.3 is 0 Å². The van der Waals surface area contributed by atoms with Crippen molar-refractivity contribution in [3.05, 3.63) is 28.8 Å². The van der Waals surface area contributed by atoms with E-state index < -0.39 is 10.0 Å². The van der Waals surface area contributed by atoms with Gasteiger partial charge in [0.25, 0.3) is 0 Å². The molecule has 6 nitrogen and oxygen atoms in total. The largest absolute Gasteiger partial charge is 0.340 e. The number of aryl methyl sites for hydroxylation is 2. The van der Waals surface area contributed by atoms with Crippen molar-refractivity contribution in [1.82, 2.24) is 14.1 Å². The van der Waals surface area contributed by atoms with Crippen LogP contribution in [0.3, 0.4) is 0 Å². The average Bonchev–Trinajstić information content (AvgIpc) is 2.73. The normalized spacial score (nSPS) is 19.7. The highest BCUT2D eigenvalue weighted by Gasteiger charge is 2.35. The summed E-state index contributed by atoms with van der Waals surface area (Å²) in [6.07, 6.45) is 7.02. The third kappa shape index (κ3) is 5.19. The van der Waals surface area contributed by atoms with Crippen molar-refractivity contribution in [3.8, 4) is 12.3 Å². The topological polar surface area (TPSA) is 60.9 Å². The Labute approximate surface area is 194 Å². The number of benzene rings is 1. The predicted molar refractivity (Wildman–Crippen MR) is 128 cm³/mol. The quantitative estimate of drug-likeness (QED) is 0.650. The Morgan fingerprint density at radius 3 is 2.03 bits per heavy atom. The molecule has 0 unspecified atom stereocenters. The number of hydrogen-bond acceptors (Lipinski definition) is 4. The van der Waals surface area contributed by atoms with Crippen molar-refractivity contribution < 1.29 is 13.2 Å². The Balaban J connectivity index is 1.66. The molecular formula is C25H37N3O3S. The van der Waals surface area contributed by atoms with Crippen molar-refractivity contribution in [1.29, 1.82) is 0 Å². The van der Waals surface area contributed by atoms with Crippen molar-refractivity contribution in [2.45, 2.75) is 57.8 Å². The molecule has 2 aliphatic heterocycles. The second-order valence-corrected chi connectivity index (χ2v) is 12.0. The third-order valence-corrected chi connectivity index (χ3v) is 8.93. The molecular weight excluding hydrogens is 422 g/mol. The molecule has 0 aliphatic carbocycles. The lowest BCUT2D eigenvalue weighted by molar-refractivity contribution is -0.138. The highest BCUT2D eigenvalue weighted by Crippen LogP contribution is 2.31. The summed E-state index contributed by atoms with van der Waals surface area (Å²) < 4.78 is 28.5. The van der Waals surface area contributed by atoms with Gasteiger partial charge in [-0.1, -0.05) is 38.8 Å². The fourth-order valence-corrected chi connectivity index (χ4v) is 6.63. The fraction of sp³-hybridized carbons (Fsp3) is 0.640. The van der Waals surface area contributed by atoms with Crippen LogP contribution < -0.4 is 0 Å². The van der Waals surface area contributed by atoms with Crippen molar-refractivity contribution in [2.75, 3.05) is 45.8 Å². The first-order valence-electron chi connectivity index (χ1n) is 11.5. The average molecular weight is 460 g/mol. The lowest BCUT2D eigenvalue weighted by Gasteiger charge is -2.38. The standard InChI is InChI=1S/C25H37N3O3S/c1-7-10-26-11-8-21(9-12-26)24(29)27-13-15-28(16-14-27)32(30,31)23-19(2)17-22(18-20(23)3)25(4,5)6/h1,17-18,21H,8-16H2,2-6H3. The van der Waals surface area contributed by atoms with Gasteiger partial charge in [-0.15, -0.1) is 6.42 Å².